The highest BCUT2D eigenvalue weighted by Gasteiger charge is 2.23. The van der Waals surface area contributed by atoms with E-state index in [9.17, 15) is 13.6 Å². The molecule has 1 heterocycles. The van der Waals surface area contributed by atoms with Gasteiger partial charge in [0.2, 0.25) is 0 Å². The lowest BCUT2D eigenvalue weighted by molar-refractivity contribution is 0.0929. The number of benzene rings is 1. The first-order valence-electron chi connectivity index (χ1n) is 6.98. The Morgan fingerprint density at radius 2 is 2.12 bits per heavy atom. The van der Waals surface area contributed by atoms with Crippen LogP contribution >= 0.6 is 35.0 Å². The number of nitrogens with zero attached hydrogens (tertiary/aromatic N) is 2. The van der Waals surface area contributed by atoms with Crippen molar-refractivity contribution in [1.29, 1.82) is 0 Å². The summed E-state index contributed by atoms with van der Waals surface area (Å²) in [5.41, 5.74) is -0.635. The molecule has 0 aliphatic heterocycles. The Bertz CT molecular complexity index is 740. The monoisotopic (exact) mass is 393 g/mol. The molecule has 1 aromatic heterocycles. The lowest BCUT2D eigenvalue weighted by atomic mass is 10.2. The molecule has 1 N–H and O–H groups in total. The van der Waals surface area contributed by atoms with E-state index in [0.717, 1.165) is 4.90 Å². The molecule has 130 valence electrons. The molecule has 1 atom stereocenters. The zero-order valence-corrected chi connectivity index (χ0v) is 15.2. The van der Waals surface area contributed by atoms with E-state index in [1.165, 1.54) is 29.7 Å². The average Bonchev–Trinajstić information content (AvgIpc) is 2.88. The molecule has 4 nitrogen and oxygen atoms in total. The maximum atomic E-state index is 12.9. The zero-order chi connectivity index (χ0) is 17.9. The van der Waals surface area contributed by atoms with Crippen LogP contribution < -0.4 is 5.32 Å². The molecule has 24 heavy (non-hydrogen) atoms. The third-order valence-electron chi connectivity index (χ3n) is 3.07. The van der Waals surface area contributed by atoms with Crippen molar-refractivity contribution in [2.24, 2.45) is 7.05 Å². The summed E-state index contributed by atoms with van der Waals surface area (Å²) in [5, 5.41) is 7.38. The molecule has 0 bridgehead atoms. The summed E-state index contributed by atoms with van der Waals surface area (Å²) in [6.07, 6.45) is -1.52. The van der Waals surface area contributed by atoms with Crippen LogP contribution in [0.1, 0.15) is 29.4 Å². The van der Waals surface area contributed by atoms with E-state index in [4.69, 9.17) is 23.2 Å². The molecule has 0 spiro atoms. The maximum Gasteiger partial charge on any atom is 0.282 e. The quantitative estimate of drug-likeness (QED) is 0.730. The molecule has 0 saturated heterocycles. The molecule has 1 amide bonds. The van der Waals surface area contributed by atoms with Gasteiger partial charge in [0.15, 0.2) is 0 Å². The second-order valence-electron chi connectivity index (χ2n) is 5.16. The van der Waals surface area contributed by atoms with Crippen LogP contribution in [0.2, 0.25) is 10.0 Å². The summed E-state index contributed by atoms with van der Waals surface area (Å²) < 4.78 is 27.0. The molecule has 0 fully saturated rings. The summed E-state index contributed by atoms with van der Waals surface area (Å²) in [7, 11) is 1.49. The second kappa shape index (κ2) is 8.18. The smallest absolute Gasteiger partial charge is 0.282 e. The van der Waals surface area contributed by atoms with E-state index in [2.05, 4.69) is 10.4 Å². The first kappa shape index (κ1) is 19.0. The number of hydrogen-bond acceptors (Lipinski definition) is 3. The Hall–Kier alpha value is -1.31. The minimum Gasteiger partial charge on any atom is -0.349 e. The highest BCUT2D eigenvalue weighted by Crippen LogP contribution is 2.30. The normalized spacial score (nSPS) is 12.5. The molecular formula is C15H15Cl2F2N3OS. The molecule has 2 aromatic rings. The summed E-state index contributed by atoms with van der Waals surface area (Å²) >= 11 is 13.4. The minimum absolute atomic E-state index is 0.117. The molecule has 0 aliphatic carbocycles. The van der Waals surface area contributed by atoms with E-state index in [1.807, 2.05) is 0 Å². The van der Waals surface area contributed by atoms with Crippen molar-refractivity contribution in [2.45, 2.75) is 24.3 Å². The van der Waals surface area contributed by atoms with Crippen molar-refractivity contribution in [3.05, 3.63) is 45.7 Å². The molecule has 1 unspecified atom stereocenters. The molecular weight excluding hydrogens is 379 g/mol. The summed E-state index contributed by atoms with van der Waals surface area (Å²) in [6, 6.07) is 4.91. The van der Waals surface area contributed by atoms with Gasteiger partial charge in [-0.1, -0.05) is 23.2 Å². The number of aromatic nitrogens is 2. The second-order valence-corrected chi connectivity index (χ2v) is 7.07. The van der Waals surface area contributed by atoms with Gasteiger partial charge in [-0.2, -0.15) is 5.10 Å². The van der Waals surface area contributed by atoms with Crippen LogP contribution in [0.3, 0.4) is 0 Å². The maximum absolute atomic E-state index is 12.9. The zero-order valence-electron chi connectivity index (χ0n) is 12.9. The molecule has 9 heteroatoms. The summed E-state index contributed by atoms with van der Waals surface area (Å²) in [4.78, 5) is 13.0. The number of amides is 1. The van der Waals surface area contributed by atoms with Gasteiger partial charge in [0.25, 0.3) is 12.3 Å². The van der Waals surface area contributed by atoms with Crippen molar-refractivity contribution in [3.63, 3.8) is 0 Å². The predicted molar refractivity (Wildman–Crippen MR) is 92.3 cm³/mol. The fourth-order valence-corrected chi connectivity index (χ4v) is 3.44. The lowest BCUT2D eigenvalue weighted by Crippen LogP contribution is -2.34. The molecule has 1 aromatic carbocycles. The van der Waals surface area contributed by atoms with E-state index < -0.39 is 18.0 Å². The van der Waals surface area contributed by atoms with Crippen molar-refractivity contribution in [3.8, 4) is 0 Å². The number of carbonyl (C=O) groups excluding carboxylic acids is 1. The van der Waals surface area contributed by atoms with Crippen LogP contribution in [0, 0.1) is 0 Å². The van der Waals surface area contributed by atoms with Crippen LogP contribution in [0.5, 0.6) is 0 Å². The average molecular weight is 394 g/mol. The molecule has 2 rings (SSSR count). The predicted octanol–water partition coefficient (Wildman–Crippen LogP) is 4.58. The summed E-state index contributed by atoms with van der Waals surface area (Å²) in [5.74, 6) is -0.0501. The topological polar surface area (TPSA) is 46.9 Å². The number of hydrogen-bond donors (Lipinski definition) is 1. The number of aryl methyl sites for hydroxylation is 1. The molecule has 0 aliphatic rings. The van der Waals surface area contributed by atoms with Crippen LogP contribution in [0.4, 0.5) is 8.78 Å². The fraction of sp³-hybridized carbons (Fsp3) is 0.333. The Morgan fingerprint density at radius 1 is 1.42 bits per heavy atom. The van der Waals surface area contributed by atoms with Crippen LogP contribution in [-0.4, -0.2) is 27.5 Å². The van der Waals surface area contributed by atoms with Gasteiger partial charge in [-0.25, -0.2) is 8.78 Å². The van der Waals surface area contributed by atoms with Crippen molar-refractivity contribution >= 4 is 40.9 Å². The van der Waals surface area contributed by atoms with E-state index >= 15 is 0 Å². The number of alkyl halides is 2. The van der Waals surface area contributed by atoms with Gasteiger partial charge in [0, 0.05) is 35.0 Å². The van der Waals surface area contributed by atoms with E-state index in [0.29, 0.717) is 15.8 Å². The standard InChI is InChI=1S/C15H15Cl2F2N3OS/c1-8(7-24-12-4-3-9(16)5-11(12)17)20-15(23)10-6-22(2)21-13(10)14(18)19/h3-6,8,14H,7H2,1-2H3,(H,20,23). The van der Waals surface area contributed by atoms with Crippen molar-refractivity contribution in [1.82, 2.24) is 15.1 Å². The van der Waals surface area contributed by atoms with Gasteiger partial charge in [0.1, 0.15) is 5.69 Å². The number of halogens is 4. The Labute approximate surface area is 152 Å². The van der Waals surface area contributed by atoms with Crippen molar-refractivity contribution < 1.29 is 13.6 Å². The molecule has 0 radical (unpaired) electrons. The number of rotatable bonds is 6. The van der Waals surface area contributed by atoms with Gasteiger partial charge in [0.05, 0.1) is 10.6 Å². The number of thioether (sulfide) groups is 1. The third kappa shape index (κ3) is 4.84. The van der Waals surface area contributed by atoms with Gasteiger partial charge in [-0.15, -0.1) is 11.8 Å². The molecule has 0 saturated carbocycles. The third-order valence-corrected chi connectivity index (χ3v) is 5.06. The first-order chi connectivity index (χ1) is 11.3. The van der Waals surface area contributed by atoms with Crippen LogP contribution in [-0.2, 0) is 7.05 Å². The van der Waals surface area contributed by atoms with Crippen LogP contribution in [0.25, 0.3) is 0 Å². The van der Waals surface area contributed by atoms with Gasteiger partial charge >= 0.3 is 0 Å². The SMILES string of the molecule is CC(CSc1ccc(Cl)cc1Cl)NC(=O)c1cn(C)nc1C(F)F. The number of carbonyl (C=O) groups is 1. The lowest BCUT2D eigenvalue weighted by Gasteiger charge is -2.14. The van der Waals surface area contributed by atoms with E-state index in [1.54, 1.807) is 25.1 Å². The minimum atomic E-state index is -2.80. The fourth-order valence-electron chi connectivity index (χ4n) is 1.99. The Morgan fingerprint density at radius 3 is 2.75 bits per heavy atom. The van der Waals surface area contributed by atoms with Crippen molar-refractivity contribution in [2.75, 3.05) is 5.75 Å². The van der Waals surface area contributed by atoms with Gasteiger partial charge in [-0.3, -0.25) is 9.48 Å². The number of nitrogens with one attached hydrogen (secondary N) is 1. The van der Waals surface area contributed by atoms with E-state index in [-0.39, 0.29) is 11.6 Å². The van der Waals surface area contributed by atoms with Gasteiger partial charge in [-0.05, 0) is 25.1 Å². The summed E-state index contributed by atoms with van der Waals surface area (Å²) in [6.45, 7) is 1.78. The van der Waals surface area contributed by atoms with Gasteiger partial charge < -0.3 is 5.32 Å². The van der Waals surface area contributed by atoms with Crippen LogP contribution in [0.15, 0.2) is 29.3 Å². The Balaban J connectivity index is 1.97. The highest BCUT2D eigenvalue weighted by atomic mass is 35.5. The first-order valence-corrected chi connectivity index (χ1v) is 8.72. The largest absolute Gasteiger partial charge is 0.349 e. The highest BCUT2D eigenvalue weighted by molar-refractivity contribution is 7.99. The Kier molecular flexibility index (Phi) is 6.48.